The van der Waals surface area contributed by atoms with E-state index in [2.05, 4.69) is 10.6 Å². The molecule has 0 aliphatic heterocycles. The molecule has 0 heterocycles. The minimum atomic E-state index is -0.0239. The Morgan fingerprint density at radius 2 is 2.17 bits per heavy atom. The molecule has 0 aliphatic rings. The Hall–Kier alpha value is -1.26. The maximum absolute atomic E-state index is 11.5. The summed E-state index contributed by atoms with van der Waals surface area (Å²) >= 11 is 5.93. The lowest BCUT2D eigenvalue weighted by molar-refractivity contribution is -0.121. The molecule has 1 rings (SSSR count). The van der Waals surface area contributed by atoms with E-state index in [0.717, 1.165) is 0 Å². The Labute approximate surface area is 113 Å². The third-order valence-electron chi connectivity index (χ3n) is 2.52. The third kappa shape index (κ3) is 5.38. The van der Waals surface area contributed by atoms with Crippen molar-refractivity contribution in [1.82, 2.24) is 10.6 Å². The van der Waals surface area contributed by atoms with Gasteiger partial charge in [0.25, 0.3) is 0 Å². The zero-order valence-corrected chi connectivity index (χ0v) is 11.5. The highest BCUT2D eigenvalue weighted by atomic mass is 35.5. The molecule has 1 amide bonds. The molecule has 0 spiro atoms. The molecule has 5 heteroatoms. The summed E-state index contributed by atoms with van der Waals surface area (Å²) in [7, 11) is 1.86. The van der Waals surface area contributed by atoms with Crippen LogP contribution in [0.3, 0.4) is 0 Å². The summed E-state index contributed by atoms with van der Waals surface area (Å²) in [6, 6.07) is 7.48. The molecule has 0 fully saturated rings. The summed E-state index contributed by atoms with van der Waals surface area (Å²) in [6.07, 6.45) is 0.321. The van der Waals surface area contributed by atoms with E-state index in [1.165, 1.54) is 0 Å². The van der Waals surface area contributed by atoms with Crippen molar-refractivity contribution in [3.63, 3.8) is 0 Å². The van der Waals surface area contributed by atoms with E-state index in [-0.39, 0.29) is 11.9 Å². The number of rotatable bonds is 7. The summed E-state index contributed by atoms with van der Waals surface area (Å²) < 4.78 is 5.43. The Morgan fingerprint density at radius 1 is 1.44 bits per heavy atom. The van der Waals surface area contributed by atoms with Crippen LogP contribution in [-0.2, 0) is 4.79 Å². The van der Waals surface area contributed by atoms with Gasteiger partial charge < -0.3 is 15.4 Å². The van der Waals surface area contributed by atoms with Crippen LogP contribution in [-0.4, -0.2) is 32.1 Å². The predicted octanol–water partition coefficient (Wildman–Crippen LogP) is 1.83. The highest BCUT2D eigenvalue weighted by Gasteiger charge is 2.05. The molecule has 0 aliphatic carbocycles. The van der Waals surface area contributed by atoms with Crippen LogP contribution in [0.25, 0.3) is 0 Å². The summed E-state index contributed by atoms with van der Waals surface area (Å²) in [4.78, 5) is 11.5. The standard InChI is InChI=1S/C13H19ClN2O2/c1-10(15-2)9-16-13(17)7-8-18-12-6-4-3-5-11(12)14/h3-6,10,15H,7-9H2,1-2H3,(H,16,17). The molecule has 1 unspecified atom stereocenters. The average molecular weight is 271 g/mol. The van der Waals surface area contributed by atoms with Crippen molar-refractivity contribution >= 4 is 17.5 Å². The Morgan fingerprint density at radius 3 is 2.83 bits per heavy atom. The Balaban J connectivity index is 2.22. The van der Waals surface area contributed by atoms with E-state index in [9.17, 15) is 4.79 Å². The van der Waals surface area contributed by atoms with Crippen molar-refractivity contribution in [3.8, 4) is 5.75 Å². The van der Waals surface area contributed by atoms with Gasteiger partial charge in [-0.15, -0.1) is 0 Å². The highest BCUT2D eigenvalue weighted by molar-refractivity contribution is 6.32. The number of benzene rings is 1. The lowest BCUT2D eigenvalue weighted by Crippen LogP contribution is -2.37. The molecule has 0 aromatic heterocycles. The lowest BCUT2D eigenvalue weighted by atomic mass is 10.3. The monoisotopic (exact) mass is 270 g/mol. The van der Waals surface area contributed by atoms with Gasteiger partial charge in [-0.05, 0) is 26.1 Å². The van der Waals surface area contributed by atoms with Crippen molar-refractivity contribution in [2.24, 2.45) is 0 Å². The number of carbonyl (C=O) groups is 1. The number of amides is 1. The molecule has 1 aromatic carbocycles. The van der Waals surface area contributed by atoms with Crippen molar-refractivity contribution < 1.29 is 9.53 Å². The number of nitrogens with one attached hydrogen (secondary N) is 2. The van der Waals surface area contributed by atoms with E-state index in [0.29, 0.717) is 30.3 Å². The fraction of sp³-hybridized carbons (Fsp3) is 0.462. The zero-order valence-electron chi connectivity index (χ0n) is 10.7. The molecule has 1 aromatic rings. The topological polar surface area (TPSA) is 50.4 Å². The fourth-order valence-electron chi connectivity index (χ4n) is 1.27. The predicted molar refractivity (Wildman–Crippen MR) is 73.1 cm³/mol. The van der Waals surface area contributed by atoms with Crippen molar-refractivity contribution in [2.75, 3.05) is 20.2 Å². The largest absolute Gasteiger partial charge is 0.491 e. The molecule has 0 saturated carbocycles. The van der Waals surface area contributed by atoms with Gasteiger partial charge in [0.15, 0.2) is 0 Å². The Bertz CT molecular complexity index is 385. The van der Waals surface area contributed by atoms with Gasteiger partial charge >= 0.3 is 0 Å². The van der Waals surface area contributed by atoms with Crippen LogP contribution in [0.5, 0.6) is 5.75 Å². The number of carbonyl (C=O) groups excluding carboxylic acids is 1. The quantitative estimate of drug-likeness (QED) is 0.795. The SMILES string of the molecule is CNC(C)CNC(=O)CCOc1ccccc1Cl. The summed E-state index contributed by atoms with van der Waals surface area (Å²) in [6.45, 7) is 2.94. The van der Waals surface area contributed by atoms with E-state index in [4.69, 9.17) is 16.3 Å². The molecular weight excluding hydrogens is 252 g/mol. The smallest absolute Gasteiger partial charge is 0.223 e. The fourth-order valence-corrected chi connectivity index (χ4v) is 1.46. The number of hydrogen-bond donors (Lipinski definition) is 2. The second-order valence-electron chi connectivity index (χ2n) is 4.02. The first-order chi connectivity index (χ1) is 8.63. The van der Waals surface area contributed by atoms with Crippen molar-refractivity contribution in [2.45, 2.75) is 19.4 Å². The molecular formula is C13H19ClN2O2. The number of ether oxygens (including phenoxy) is 1. The maximum atomic E-state index is 11.5. The molecule has 0 saturated heterocycles. The second kappa shape index (κ2) is 7.95. The maximum Gasteiger partial charge on any atom is 0.223 e. The van der Waals surface area contributed by atoms with E-state index in [1.54, 1.807) is 12.1 Å². The van der Waals surface area contributed by atoms with Gasteiger partial charge in [0.2, 0.25) is 5.91 Å². The first-order valence-electron chi connectivity index (χ1n) is 5.94. The van der Waals surface area contributed by atoms with Gasteiger partial charge in [0.1, 0.15) is 5.75 Å². The van der Waals surface area contributed by atoms with Gasteiger partial charge in [-0.2, -0.15) is 0 Å². The van der Waals surface area contributed by atoms with E-state index >= 15 is 0 Å². The number of para-hydroxylation sites is 1. The minimum Gasteiger partial charge on any atom is -0.491 e. The molecule has 0 radical (unpaired) electrons. The Kier molecular flexibility index (Phi) is 6.54. The van der Waals surface area contributed by atoms with Crippen LogP contribution in [0, 0.1) is 0 Å². The highest BCUT2D eigenvalue weighted by Crippen LogP contribution is 2.22. The third-order valence-corrected chi connectivity index (χ3v) is 2.83. The molecule has 2 N–H and O–H groups in total. The summed E-state index contributed by atoms with van der Waals surface area (Å²) in [5, 5.41) is 6.42. The second-order valence-corrected chi connectivity index (χ2v) is 4.43. The minimum absolute atomic E-state index is 0.0239. The van der Waals surface area contributed by atoms with Crippen LogP contribution in [0.4, 0.5) is 0 Å². The van der Waals surface area contributed by atoms with Crippen LogP contribution < -0.4 is 15.4 Å². The lowest BCUT2D eigenvalue weighted by Gasteiger charge is -2.12. The van der Waals surface area contributed by atoms with Crippen LogP contribution in [0.2, 0.25) is 5.02 Å². The van der Waals surface area contributed by atoms with Gasteiger partial charge in [0, 0.05) is 12.6 Å². The number of hydrogen-bond acceptors (Lipinski definition) is 3. The normalized spacial score (nSPS) is 11.9. The van der Waals surface area contributed by atoms with Gasteiger partial charge in [-0.3, -0.25) is 4.79 Å². The first-order valence-corrected chi connectivity index (χ1v) is 6.32. The van der Waals surface area contributed by atoms with Crippen molar-refractivity contribution in [1.29, 1.82) is 0 Å². The molecule has 18 heavy (non-hydrogen) atoms. The average Bonchev–Trinajstić information content (AvgIpc) is 2.38. The van der Waals surface area contributed by atoms with Crippen LogP contribution in [0.15, 0.2) is 24.3 Å². The molecule has 100 valence electrons. The summed E-state index contributed by atoms with van der Waals surface area (Å²) in [5.74, 6) is 0.583. The van der Waals surface area contributed by atoms with Gasteiger partial charge in [-0.1, -0.05) is 23.7 Å². The van der Waals surface area contributed by atoms with Crippen molar-refractivity contribution in [3.05, 3.63) is 29.3 Å². The van der Waals surface area contributed by atoms with E-state index < -0.39 is 0 Å². The van der Waals surface area contributed by atoms with Gasteiger partial charge in [-0.25, -0.2) is 0 Å². The molecule has 0 bridgehead atoms. The van der Waals surface area contributed by atoms with Crippen LogP contribution in [0.1, 0.15) is 13.3 Å². The summed E-state index contributed by atoms with van der Waals surface area (Å²) in [5.41, 5.74) is 0. The first kappa shape index (κ1) is 14.8. The number of likely N-dealkylation sites (N-methyl/N-ethyl adjacent to an activating group) is 1. The van der Waals surface area contributed by atoms with E-state index in [1.807, 2.05) is 26.1 Å². The zero-order chi connectivity index (χ0) is 13.4. The number of halogens is 1. The molecule has 1 atom stereocenters. The van der Waals surface area contributed by atoms with Crippen LogP contribution >= 0.6 is 11.6 Å². The molecule has 4 nitrogen and oxygen atoms in total. The van der Waals surface area contributed by atoms with Gasteiger partial charge in [0.05, 0.1) is 18.1 Å².